The number of nitrogens with two attached hydrogens (primary N) is 1. The zero-order chi connectivity index (χ0) is 26.8. The Morgan fingerprint density at radius 3 is 2.72 bits per heavy atom. The second kappa shape index (κ2) is 8.88. The van der Waals surface area contributed by atoms with Crippen LogP contribution in [0.4, 0.5) is 21.2 Å². The van der Waals surface area contributed by atoms with Gasteiger partial charge in [0.25, 0.3) is 0 Å². The van der Waals surface area contributed by atoms with E-state index in [-0.39, 0.29) is 17.2 Å². The number of H-pyrrole nitrogens is 1. The lowest BCUT2D eigenvalue weighted by Gasteiger charge is -2.42. The molecule has 2 aromatic carbocycles. The minimum absolute atomic E-state index is 0.0554. The number of benzene rings is 2. The van der Waals surface area contributed by atoms with Crippen LogP contribution in [-0.2, 0) is 23.3 Å². The quantitative estimate of drug-likeness (QED) is 0.364. The summed E-state index contributed by atoms with van der Waals surface area (Å²) >= 11 is 0. The van der Waals surface area contributed by atoms with E-state index < -0.39 is 10.5 Å². The standard InChI is InChI=1S/C27H28FN7O3S/c28-39(36,37)38-19-7-8-21-17(14-19)5-3-11-35(21)26-23-25(32-33-26)31-22(16-30-23)34-12-9-27(10-13-34)15-18-4-1-2-6-20(18)24(27)29/h1-2,4,6-8,14,16,24H,3,5,9-13,15,29H2,(H,31,32,33)/t24-/m1/s1. The van der Waals surface area contributed by atoms with Crippen molar-refractivity contribution in [3.05, 3.63) is 65.4 Å². The average Bonchev–Trinajstić information content (AvgIpc) is 3.46. The molecule has 3 aliphatic rings. The molecule has 12 heteroatoms. The van der Waals surface area contributed by atoms with E-state index in [0.29, 0.717) is 29.9 Å². The minimum Gasteiger partial charge on any atom is -0.358 e. The van der Waals surface area contributed by atoms with Crippen molar-refractivity contribution in [1.29, 1.82) is 0 Å². The summed E-state index contributed by atoms with van der Waals surface area (Å²) in [6.07, 6.45) is 6.34. The maximum atomic E-state index is 13.0. The fourth-order valence-corrected chi connectivity index (χ4v) is 6.90. The smallest absolute Gasteiger partial charge is 0.358 e. The third-order valence-electron chi connectivity index (χ3n) is 8.54. The summed E-state index contributed by atoms with van der Waals surface area (Å²) < 4.78 is 39.2. The number of halogens is 1. The van der Waals surface area contributed by atoms with Gasteiger partial charge in [-0.1, -0.05) is 28.2 Å². The normalized spacial score (nSPS) is 20.3. The number of rotatable bonds is 4. The van der Waals surface area contributed by atoms with Gasteiger partial charge < -0.3 is 19.7 Å². The number of hydrogen-bond acceptors (Lipinski definition) is 9. The van der Waals surface area contributed by atoms with E-state index in [1.165, 1.54) is 17.2 Å². The van der Waals surface area contributed by atoms with Crippen LogP contribution in [0.2, 0.25) is 0 Å². The van der Waals surface area contributed by atoms with Gasteiger partial charge in [0.2, 0.25) is 0 Å². The molecule has 0 radical (unpaired) electrons. The first-order valence-electron chi connectivity index (χ1n) is 13.1. The first kappa shape index (κ1) is 24.3. The zero-order valence-electron chi connectivity index (χ0n) is 21.2. The van der Waals surface area contributed by atoms with Crippen molar-refractivity contribution in [2.45, 2.75) is 38.1 Å². The highest BCUT2D eigenvalue weighted by Crippen LogP contribution is 2.51. The molecule has 0 saturated carbocycles. The largest absolute Gasteiger partial charge is 0.488 e. The van der Waals surface area contributed by atoms with E-state index in [4.69, 9.17) is 15.7 Å². The second-order valence-electron chi connectivity index (χ2n) is 10.7. The van der Waals surface area contributed by atoms with E-state index in [1.54, 1.807) is 18.3 Å². The van der Waals surface area contributed by atoms with Gasteiger partial charge in [-0.05, 0) is 72.4 Å². The van der Waals surface area contributed by atoms with Crippen LogP contribution in [0, 0.1) is 5.41 Å². The third kappa shape index (κ3) is 4.18. The summed E-state index contributed by atoms with van der Waals surface area (Å²) in [5, 5.41) is 7.57. The van der Waals surface area contributed by atoms with Gasteiger partial charge in [-0.3, -0.25) is 5.10 Å². The lowest BCUT2D eigenvalue weighted by molar-refractivity contribution is 0.187. The Kier molecular flexibility index (Phi) is 5.53. The van der Waals surface area contributed by atoms with Crippen molar-refractivity contribution in [2.75, 3.05) is 29.4 Å². The highest BCUT2D eigenvalue weighted by Gasteiger charge is 2.46. The Morgan fingerprint density at radius 2 is 1.92 bits per heavy atom. The van der Waals surface area contributed by atoms with Crippen molar-refractivity contribution < 1.29 is 16.5 Å². The molecule has 7 rings (SSSR count). The van der Waals surface area contributed by atoms with Gasteiger partial charge in [-0.15, -0.1) is 0 Å². The fraction of sp³-hybridized carbons (Fsp3) is 0.370. The Labute approximate surface area is 225 Å². The Balaban J connectivity index is 1.11. The fourth-order valence-electron chi connectivity index (χ4n) is 6.57. The van der Waals surface area contributed by atoms with Crippen LogP contribution in [0.25, 0.3) is 11.2 Å². The SMILES string of the molecule is N[C@@H]1c2ccccc2CC12CCN(c1cnc3c(N4CCCc5cc(OS(=O)(=O)F)ccc54)n[nH]c3n1)CC2. The average molecular weight is 550 g/mol. The van der Waals surface area contributed by atoms with Gasteiger partial charge in [-0.2, -0.15) is 13.5 Å². The molecule has 39 heavy (non-hydrogen) atoms. The molecule has 1 spiro atoms. The first-order chi connectivity index (χ1) is 18.8. The topological polar surface area (TPSA) is 130 Å². The molecule has 1 atom stereocenters. The van der Waals surface area contributed by atoms with Crippen LogP contribution in [0.5, 0.6) is 5.75 Å². The Hall–Kier alpha value is -3.77. The molecule has 0 amide bonds. The number of nitrogens with one attached hydrogen (secondary N) is 1. The molecular weight excluding hydrogens is 521 g/mol. The van der Waals surface area contributed by atoms with Gasteiger partial charge in [0, 0.05) is 31.4 Å². The number of hydrogen-bond donors (Lipinski definition) is 2. The van der Waals surface area contributed by atoms with Crippen LogP contribution in [0.15, 0.2) is 48.7 Å². The van der Waals surface area contributed by atoms with Crippen LogP contribution in [0.3, 0.4) is 0 Å². The van der Waals surface area contributed by atoms with E-state index in [9.17, 15) is 12.3 Å². The molecule has 1 saturated heterocycles. The molecule has 2 aromatic heterocycles. The molecule has 0 bridgehead atoms. The van der Waals surface area contributed by atoms with Crippen molar-refractivity contribution in [3.8, 4) is 5.75 Å². The van der Waals surface area contributed by atoms with Crippen LogP contribution < -0.4 is 19.7 Å². The van der Waals surface area contributed by atoms with Gasteiger partial charge in [0.1, 0.15) is 11.6 Å². The predicted molar refractivity (Wildman–Crippen MR) is 145 cm³/mol. The number of piperidine rings is 1. The molecule has 4 aromatic rings. The molecule has 1 aliphatic carbocycles. The Morgan fingerprint density at radius 1 is 1.10 bits per heavy atom. The number of nitrogens with zero attached hydrogens (tertiary/aromatic N) is 5. The molecule has 1 fully saturated rings. The maximum Gasteiger partial charge on any atom is 0.488 e. The number of aromatic amines is 1. The van der Waals surface area contributed by atoms with Crippen LogP contribution in [-0.4, -0.2) is 48.2 Å². The van der Waals surface area contributed by atoms with E-state index in [1.807, 2.05) is 4.90 Å². The molecule has 2 aliphatic heterocycles. The van der Waals surface area contributed by atoms with Gasteiger partial charge in [-0.25, -0.2) is 9.97 Å². The van der Waals surface area contributed by atoms with E-state index >= 15 is 0 Å². The summed E-state index contributed by atoms with van der Waals surface area (Å²) in [5.74, 6) is 1.40. The molecular formula is C27H28FN7O3S. The zero-order valence-corrected chi connectivity index (χ0v) is 22.0. The summed E-state index contributed by atoms with van der Waals surface area (Å²) in [5.41, 5.74) is 12.4. The summed E-state index contributed by atoms with van der Waals surface area (Å²) in [4.78, 5) is 13.9. The minimum atomic E-state index is -5.08. The van der Waals surface area contributed by atoms with Crippen molar-refractivity contribution in [3.63, 3.8) is 0 Å². The van der Waals surface area contributed by atoms with Gasteiger partial charge >= 0.3 is 10.5 Å². The molecule has 202 valence electrons. The summed E-state index contributed by atoms with van der Waals surface area (Å²) in [7, 11) is -5.08. The Bertz CT molecular complexity index is 1680. The lowest BCUT2D eigenvalue weighted by Crippen LogP contribution is -2.44. The number of anilines is 3. The summed E-state index contributed by atoms with van der Waals surface area (Å²) in [6, 6.07) is 13.3. The third-order valence-corrected chi connectivity index (χ3v) is 8.93. The highest BCUT2D eigenvalue weighted by atomic mass is 32.3. The summed E-state index contributed by atoms with van der Waals surface area (Å²) in [6.45, 7) is 2.43. The highest BCUT2D eigenvalue weighted by molar-refractivity contribution is 7.81. The van der Waals surface area contributed by atoms with Crippen LogP contribution in [0.1, 0.15) is 42.0 Å². The molecule has 4 heterocycles. The number of fused-ring (bicyclic) bond motifs is 3. The number of aromatic nitrogens is 4. The molecule has 10 nitrogen and oxygen atoms in total. The van der Waals surface area contributed by atoms with Crippen molar-refractivity contribution in [1.82, 2.24) is 20.2 Å². The van der Waals surface area contributed by atoms with Crippen molar-refractivity contribution in [2.24, 2.45) is 11.1 Å². The maximum absolute atomic E-state index is 13.0. The van der Waals surface area contributed by atoms with Gasteiger partial charge in [0.15, 0.2) is 17.0 Å². The molecule has 0 unspecified atom stereocenters. The lowest BCUT2D eigenvalue weighted by atomic mass is 9.73. The van der Waals surface area contributed by atoms with E-state index in [2.05, 4.69) is 43.5 Å². The first-order valence-corrected chi connectivity index (χ1v) is 14.4. The number of aryl methyl sites for hydroxylation is 1. The second-order valence-corrected chi connectivity index (χ2v) is 11.7. The van der Waals surface area contributed by atoms with Crippen LogP contribution >= 0.6 is 0 Å². The van der Waals surface area contributed by atoms with Crippen molar-refractivity contribution >= 4 is 39.0 Å². The monoisotopic (exact) mass is 549 g/mol. The predicted octanol–water partition coefficient (Wildman–Crippen LogP) is 3.87. The van der Waals surface area contributed by atoms with Gasteiger partial charge in [0.05, 0.1) is 6.20 Å². The molecule has 3 N–H and O–H groups in total. The van der Waals surface area contributed by atoms with E-state index in [0.717, 1.165) is 55.8 Å².